The largest absolute Gasteiger partial charge is 0.495 e. The summed E-state index contributed by atoms with van der Waals surface area (Å²) < 4.78 is 5.37. The molecule has 0 aliphatic heterocycles. The van der Waals surface area contributed by atoms with Gasteiger partial charge in [-0.2, -0.15) is 0 Å². The van der Waals surface area contributed by atoms with Crippen molar-refractivity contribution in [2.75, 3.05) is 7.11 Å². The maximum atomic E-state index is 11.5. The highest BCUT2D eigenvalue weighted by molar-refractivity contribution is 7.18. The number of methoxy groups -OCH3 is 1. The van der Waals surface area contributed by atoms with Crippen LogP contribution in [0.15, 0.2) is 24.3 Å². The predicted molar refractivity (Wildman–Crippen MR) is 72.2 cm³/mol. The van der Waals surface area contributed by atoms with Gasteiger partial charge in [0.25, 0.3) is 5.91 Å². The number of fused-ring (bicyclic) bond motifs is 3. The Balaban J connectivity index is 2.26. The maximum absolute atomic E-state index is 11.5. The zero-order chi connectivity index (χ0) is 12.7. The van der Waals surface area contributed by atoms with Crippen molar-refractivity contribution in [1.82, 2.24) is 0 Å². The van der Waals surface area contributed by atoms with Crippen LogP contribution in [0.2, 0.25) is 0 Å². The minimum atomic E-state index is -0.413. The first-order chi connectivity index (χ1) is 8.72. The molecule has 0 saturated heterocycles. The van der Waals surface area contributed by atoms with E-state index in [0.717, 1.165) is 23.3 Å². The van der Waals surface area contributed by atoms with Crippen molar-refractivity contribution in [3.05, 3.63) is 40.3 Å². The maximum Gasteiger partial charge on any atom is 0.262 e. The molecule has 1 aromatic heterocycles. The number of thiophene rings is 1. The van der Waals surface area contributed by atoms with Crippen molar-refractivity contribution in [2.45, 2.75) is 12.8 Å². The highest BCUT2D eigenvalue weighted by Crippen LogP contribution is 2.46. The summed E-state index contributed by atoms with van der Waals surface area (Å²) in [6.45, 7) is 0. The second kappa shape index (κ2) is 4.14. The number of carbonyl (C=O) groups excluding carboxylic acids is 1. The molecule has 4 heteroatoms. The quantitative estimate of drug-likeness (QED) is 0.901. The third-order valence-corrected chi connectivity index (χ3v) is 4.55. The Labute approximate surface area is 109 Å². The van der Waals surface area contributed by atoms with Gasteiger partial charge in [-0.3, -0.25) is 4.79 Å². The molecule has 92 valence electrons. The molecule has 18 heavy (non-hydrogen) atoms. The number of amides is 1. The lowest BCUT2D eigenvalue weighted by molar-refractivity contribution is 0.100. The van der Waals surface area contributed by atoms with Crippen molar-refractivity contribution >= 4 is 17.2 Å². The van der Waals surface area contributed by atoms with E-state index in [4.69, 9.17) is 10.5 Å². The number of primary amides is 1. The van der Waals surface area contributed by atoms with Crippen molar-refractivity contribution in [3.63, 3.8) is 0 Å². The van der Waals surface area contributed by atoms with Gasteiger partial charge < -0.3 is 10.5 Å². The lowest BCUT2D eigenvalue weighted by Gasteiger charge is -2.16. The first-order valence-corrected chi connectivity index (χ1v) is 6.61. The second-order valence-electron chi connectivity index (χ2n) is 4.29. The number of carbonyl (C=O) groups is 1. The third kappa shape index (κ3) is 1.53. The Morgan fingerprint density at radius 1 is 1.33 bits per heavy atom. The van der Waals surface area contributed by atoms with Gasteiger partial charge in [0, 0.05) is 10.4 Å². The van der Waals surface area contributed by atoms with Crippen molar-refractivity contribution < 1.29 is 9.53 Å². The molecule has 0 fully saturated rings. The molecule has 0 unspecified atom stereocenters. The summed E-state index contributed by atoms with van der Waals surface area (Å²) in [4.78, 5) is 13.1. The van der Waals surface area contributed by atoms with Gasteiger partial charge in [-0.1, -0.05) is 24.3 Å². The summed E-state index contributed by atoms with van der Waals surface area (Å²) in [5, 5.41) is 0. The molecule has 1 heterocycles. The van der Waals surface area contributed by atoms with Crippen LogP contribution in [-0.2, 0) is 12.8 Å². The summed E-state index contributed by atoms with van der Waals surface area (Å²) in [6, 6.07) is 8.29. The van der Waals surface area contributed by atoms with Gasteiger partial charge in [0.15, 0.2) is 0 Å². The van der Waals surface area contributed by atoms with E-state index in [2.05, 4.69) is 12.1 Å². The van der Waals surface area contributed by atoms with Crippen molar-refractivity contribution in [1.29, 1.82) is 0 Å². The van der Waals surface area contributed by atoms with Gasteiger partial charge in [-0.25, -0.2) is 0 Å². The summed E-state index contributed by atoms with van der Waals surface area (Å²) in [5.74, 6) is 0.251. The van der Waals surface area contributed by atoms with E-state index in [1.807, 2.05) is 12.1 Å². The molecular formula is C14H13NO2S. The summed E-state index contributed by atoms with van der Waals surface area (Å²) in [5.41, 5.74) is 9.06. The van der Waals surface area contributed by atoms with Gasteiger partial charge in [0.05, 0.1) is 7.11 Å². The molecule has 0 atom stereocenters. The summed E-state index contributed by atoms with van der Waals surface area (Å²) in [7, 11) is 1.59. The van der Waals surface area contributed by atoms with E-state index < -0.39 is 5.91 Å². The molecule has 0 spiro atoms. The van der Waals surface area contributed by atoms with Gasteiger partial charge in [-0.05, 0) is 24.0 Å². The smallest absolute Gasteiger partial charge is 0.262 e. The van der Waals surface area contributed by atoms with Crippen LogP contribution in [0.4, 0.5) is 0 Å². The lowest BCUT2D eigenvalue weighted by atomic mass is 9.91. The van der Waals surface area contributed by atoms with E-state index >= 15 is 0 Å². The molecule has 0 radical (unpaired) electrons. The SMILES string of the molecule is COc1c(C(N)=O)sc2c1CCc1ccccc1-2. The first kappa shape index (κ1) is 11.3. The number of aryl methyl sites for hydroxylation is 1. The predicted octanol–water partition coefficient (Wildman–Crippen LogP) is 2.62. The van der Waals surface area contributed by atoms with Gasteiger partial charge >= 0.3 is 0 Å². The van der Waals surface area contributed by atoms with Crippen LogP contribution >= 0.6 is 11.3 Å². The summed E-state index contributed by atoms with van der Waals surface area (Å²) in [6.07, 6.45) is 1.88. The normalized spacial score (nSPS) is 12.7. The second-order valence-corrected chi connectivity index (χ2v) is 5.31. The molecule has 1 aliphatic rings. The minimum absolute atomic E-state index is 0.413. The Morgan fingerprint density at radius 3 is 2.83 bits per heavy atom. The van der Waals surface area contributed by atoms with Crippen LogP contribution in [0.5, 0.6) is 5.75 Å². The van der Waals surface area contributed by atoms with Gasteiger partial charge in [-0.15, -0.1) is 11.3 Å². The molecule has 2 aromatic rings. The van der Waals surface area contributed by atoms with E-state index in [1.165, 1.54) is 22.5 Å². The number of nitrogens with two attached hydrogens (primary N) is 1. The Bertz CT molecular complexity index is 631. The average molecular weight is 259 g/mol. The molecule has 3 rings (SSSR count). The van der Waals surface area contributed by atoms with Crippen LogP contribution in [0.3, 0.4) is 0 Å². The monoisotopic (exact) mass is 259 g/mol. The molecule has 1 aliphatic carbocycles. The van der Waals surface area contributed by atoms with Crippen LogP contribution < -0.4 is 10.5 Å². The van der Waals surface area contributed by atoms with E-state index in [9.17, 15) is 4.79 Å². The lowest BCUT2D eigenvalue weighted by Crippen LogP contribution is -2.10. The third-order valence-electron chi connectivity index (χ3n) is 3.29. The minimum Gasteiger partial charge on any atom is -0.495 e. The van der Waals surface area contributed by atoms with E-state index in [1.54, 1.807) is 7.11 Å². The number of ether oxygens (including phenoxy) is 1. The molecular weight excluding hydrogens is 246 g/mol. The number of hydrogen-bond acceptors (Lipinski definition) is 3. The number of hydrogen-bond donors (Lipinski definition) is 1. The van der Waals surface area contributed by atoms with Gasteiger partial charge in [0.2, 0.25) is 0 Å². The fourth-order valence-corrected chi connectivity index (χ4v) is 3.72. The topological polar surface area (TPSA) is 52.3 Å². The average Bonchev–Trinajstić information content (AvgIpc) is 2.77. The Morgan fingerprint density at radius 2 is 2.11 bits per heavy atom. The van der Waals surface area contributed by atoms with Crippen molar-refractivity contribution in [3.8, 4) is 16.2 Å². The number of benzene rings is 1. The van der Waals surface area contributed by atoms with Crippen LogP contribution in [0.25, 0.3) is 10.4 Å². The van der Waals surface area contributed by atoms with Crippen LogP contribution in [0, 0.1) is 0 Å². The fraction of sp³-hybridized carbons (Fsp3) is 0.214. The van der Waals surface area contributed by atoms with Gasteiger partial charge in [0.1, 0.15) is 10.6 Å². The fourth-order valence-electron chi connectivity index (χ4n) is 2.49. The zero-order valence-electron chi connectivity index (χ0n) is 10.0. The first-order valence-electron chi connectivity index (χ1n) is 5.80. The summed E-state index contributed by atoms with van der Waals surface area (Å²) >= 11 is 1.44. The van der Waals surface area contributed by atoms with E-state index in [-0.39, 0.29) is 0 Å². The molecule has 3 nitrogen and oxygen atoms in total. The Kier molecular flexibility index (Phi) is 2.59. The van der Waals surface area contributed by atoms with Crippen LogP contribution in [0.1, 0.15) is 20.8 Å². The van der Waals surface area contributed by atoms with E-state index in [0.29, 0.717) is 10.6 Å². The highest BCUT2D eigenvalue weighted by atomic mass is 32.1. The molecule has 0 bridgehead atoms. The van der Waals surface area contributed by atoms with Crippen molar-refractivity contribution in [2.24, 2.45) is 5.73 Å². The molecule has 2 N–H and O–H groups in total. The Hall–Kier alpha value is -1.81. The molecule has 1 amide bonds. The standard InChI is InChI=1S/C14H13NO2S/c1-17-11-10-7-6-8-4-2-3-5-9(8)12(10)18-13(11)14(15)16/h2-5H,6-7H2,1H3,(H2,15,16). The van der Waals surface area contributed by atoms with Crippen LogP contribution in [-0.4, -0.2) is 13.0 Å². The highest BCUT2D eigenvalue weighted by Gasteiger charge is 2.26. The molecule has 1 aromatic carbocycles. The molecule has 0 saturated carbocycles. The zero-order valence-corrected chi connectivity index (χ0v) is 10.8. The number of rotatable bonds is 2.